The Kier molecular flexibility index (Phi) is 10.7. The van der Waals surface area contributed by atoms with Crippen molar-refractivity contribution < 1.29 is 23.0 Å². The third-order valence-electron chi connectivity index (χ3n) is 6.14. The van der Waals surface area contributed by atoms with Crippen LogP contribution in [-0.2, 0) is 0 Å². The van der Waals surface area contributed by atoms with E-state index in [1.54, 1.807) is 46.2 Å². The van der Waals surface area contributed by atoms with Gasteiger partial charge in [-0.2, -0.15) is 4.98 Å². The molecule has 0 radical (unpaired) electrons. The van der Waals surface area contributed by atoms with Crippen LogP contribution >= 0.6 is 0 Å². The summed E-state index contributed by atoms with van der Waals surface area (Å²) in [6, 6.07) is 0.487. The predicted octanol–water partition coefficient (Wildman–Crippen LogP) is 5.23. The lowest BCUT2D eigenvalue weighted by molar-refractivity contribution is 0.128. The topological polar surface area (TPSA) is 107 Å². The van der Waals surface area contributed by atoms with Crippen molar-refractivity contribution in [3.8, 4) is 23.0 Å². The molecule has 1 unspecified atom stereocenters. The fraction of sp³-hybridized carbons (Fsp3) is 0.444. The average Bonchev–Trinajstić information content (AvgIpc) is 3.41. The second-order valence-electron chi connectivity index (χ2n) is 8.77. The zero-order chi connectivity index (χ0) is 28.4. The van der Waals surface area contributed by atoms with Gasteiger partial charge < -0.3 is 19.7 Å². The van der Waals surface area contributed by atoms with Crippen LogP contribution < -0.4 is 14.8 Å². The number of methoxy groups -OCH3 is 1. The van der Waals surface area contributed by atoms with E-state index in [9.17, 15) is 13.6 Å². The summed E-state index contributed by atoms with van der Waals surface area (Å²) in [4.78, 5) is 28.1. The molecule has 3 rings (SSSR count). The number of urea groups is 1. The highest BCUT2D eigenvalue weighted by atomic mass is 19.3. The van der Waals surface area contributed by atoms with Gasteiger partial charge in [0.1, 0.15) is 5.75 Å². The molecule has 0 saturated heterocycles. The number of rotatable bonds is 15. The van der Waals surface area contributed by atoms with Gasteiger partial charge in [-0.25, -0.2) is 23.1 Å². The first-order valence-corrected chi connectivity index (χ1v) is 12.8. The van der Waals surface area contributed by atoms with Crippen molar-refractivity contribution in [3.05, 3.63) is 55.7 Å². The maximum atomic E-state index is 13.2. The predicted molar refractivity (Wildman–Crippen MR) is 144 cm³/mol. The number of hydrogen-bond acceptors (Lipinski definition) is 7. The number of aromatic nitrogens is 5. The van der Waals surface area contributed by atoms with Crippen molar-refractivity contribution in [1.29, 1.82) is 0 Å². The number of carbonyl (C=O) groups excluding carboxylic acids is 1. The molecule has 39 heavy (non-hydrogen) atoms. The Bertz CT molecular complexity index is 1270. The summed E-state index contributed by atoms with van der Waals surface area (Å²) in [5.74, 6) is 1.08. The number of fused-ring (bicyclic) bond motifs is 1. The molecule has 0 aliphatic heterocycles. The van der Waals surface area contributed by atoms with Gasteiger partial charge >= 0.3 is 6.03 Å². The van der Waals surface area contributed by atoms with Crippen LogP contribution in [0.2, 0.25) is 0 Å². The first kappa shape index (κ1) is 29.5. The molecule has 0 saturated carbocycles. The van der Waals surface area contributed by atoms with E-state index in [1.165, 1.54) is 7.11 Å². The van der Waals surface area contributed by atoms with E-state index in [-0.39, 0.29) is 18.9 Å². The molecule has 2 amide bonds. The minimum absolute atomic E-state index is 0.150. The molecule has 210 valence electrons. The Labute approximate surface area is 226 Å². The van der Waals surface area contributed by atoms with Crippen LogP contribution in [0.1, 0.15) is 51.3 Å². The van der Waals surface area contributed by atoms with Crippen molar-refractivity contribution in [3.63, 3.8) is 0 Å². The van der Waals surface area contributed by atoms with Crippen LogP contribution in [0.25, 0.3) is 17.0 Å². The molecule has 0 aliphatic rings. The van der Waals surface area contributed by atoms with Gasteiger partial charge in [-0.15, -0.1) is 18.3 Å². The third kappa shape index (κ3) is 7.49. The first-order valence-electron chi connectivity index (χ1n) is 12.8. The lowest BCUT2D eigenvalue weighted by Crippen LogP contribution is -2.46. The van der Waals surface area contributed by atoms with Crippen LogP contribution in [0.3, 0.4) is 0 Å². The van der Waals surface area contributed by atoms with E-state index in [0.717, 1.165) is 0 Å². The minimum atomic E-state index is -2.44. The van der Waals surface area contributed by atoms with Gasteiger partial charge in [-0.1, -0.05) is 12.2 Å². The first-order chi connectivity index (χ1) is 18.8. The molecule has 0 bridgehead atoms. The Hall–Kier alpha value is -4.09. The van der Waals surface area contributed by atoms with E-state index < -0.39 is 18.5 Å². The number of alkyl halides is 2. The molecule has 10 nitrogen and oxygen atoms in total. The molecule has 3 heterocycles. The van der Waals surface area contributed by atoms with Crippen LogP contribution in [0.4, 0.5) is 13.6 Å². The number of amides is 2. The zero-order valence-electron chi connectivity index (χ0n) is 22.5. The summed E-state index contributed by atoms with van der Waals surface area (Å²) in [7, 11) is 1.52. The molecule has 2 atom stereocenters. The smallest absolute Gasteiger partial charge is 0.318 e. The monoisotopic (exact) mass is 543 g/mol. The number of carbonyl (C=O) groups is 1. The Balaban J connectivity index is 1.91. The minimum Gasteiger partial charge on any atom is -0.494 e. The molecule has 12 heteroatoms. The van der Waals surface area contributed by atoms with E-state index in [1.807, 2.05) is 13.8 Å². The van der Waals surface area contributed by atoms with Crippen molar-refractivity contribution in [2.24, 2.45) is 0 Å². The molecule has 0 aromatic carbocycles. The van der Waals surface area contributed by atoms with Gasteiger partial charge in [0.15, 0.2) is 5.82 Å². The molecule has 3 aromatic heterocycles. The Morgan fingerprint density at radius 2 is 2.05 bits per heavy atom. The average molecular weight is 544 g/mol. The second kappa shape index (κ2) is 14.2. The molecule has 3 aromatic rings. The van der Waals surface area contributed by atoms with Crippen molar-refractivity contribution >= 4 is 11.7 Å². The van der Waals surface area contributed by atoms with E-state index >= 15 is 0 Å². The van der Waals surface area contributed by atoms with Crippen molar-refractivity contribution in [2.45, 2.75) is 58.0 Å². The maximum absolute atomic E-state index is 13.2. The van der Waals surface area contributed by atoms with Crippen molar-refractivity contribution in [2.75, 3.05) is 20.3 Å². The lowest BCUT2D eigenvalue weighted by Gasteiger charge is -2.30. The second-order valence-corrected chi connectivity index (χ2v) is 8.77. The zero-order valence-corrected chi connectivity index (χ0v) is 22.5. The highest BCUT2D eigenvalue weighted by Gasteiger charge is 2.25. The van der Waals surface area contributed by atoms with Gasteiger partial charge in [0.2, 0.25) is 12.1 Å². The number of halogens is 2. The fourth-order valence-corrected chi connectivity index (χ4v) is 4.06. The summed E-state index contributed by atoms with van der Waals surface area (Å²) in [6.07, 6.45) is 6.64. The fourth-order valence-electron chi connectivity index (χ4n) is 4.06. The van der Waals surface area contributed by atoms with Gasteiger partial charge in [-0.3, -0.25) is 4.98 Å². The van der Waals surface area contributed by atoms with Crippen LogP contribution in [0.15, 0.2) is 50.0 Å². The number of pyridine rings is 1. The SMILES string of the molecule is C=CCCOc1nc(-c2cc([C@@H](C)N(CC)C(=O)NC(CC=C)CCC(F)F)ncc2OC)nn2ccnc12. The summed E-state index contributed by atoms with van der Waals surface area (Å²) in [5, 5.41) is 7.43. The number of imidazole rings is 1. The number of nitrogens with zero attached hydrogens (tertiary/aromatic N) is 6. The number of nitrogens with one attached hydrogen (secondary N) is 1. The third-order valence-corrected chi connectivity index (χ3v) is 6.14. The summed E-state index contributed by atoms with van der Waals surface area (Å²) >= 11 is 0. The molecule has 1 N–H and O–H groups in total. The molecule has 0 fully saturated rings. The maximum Gasteiger partial charge on any atom is 0.318 e. The summed E-state index contributed by atoms with van der Waals surface area (Å²) in [6.45, 7) is 11.8. The normalized spacial score (nSPS) is 12.7. The molecule has 0 aliphatic carbocycles. The van der Waals surface area contributed by atoms with Gasteiger partial charge in [0.05, 0.1) is 37.2 Å². The quantitative estimate of drug-likeness (QED) is 0.207. The van der Waals surface area contributed by atoms with E-state index in [4.69, 9.17) is 9.47 Å². The molecular formula is C27H35F2N7O3. The van der Waals surface area contributed by atoms with Gasteiger partial charge in [0.25, 0.3) is 5.88 Å². The van der Waals surface area contributed by atoms with E-state index in [2.05, 4.69) is 38.5 Å². The van der Waals surface area contributed by atoms with Crippen molar-refractivity contribution in [1.82, 2.24) is 34.8 Å². The Morgan fingerprint density at radius 1 is 1.26 bits per heavy atom. The molecule has 0 spiro atoms. The highest BCUT2D eigenvalue weighted by molar-refractivity contribution is 5.75. The largest absolute Gasteiger partial charge is 0.494 e. The molecular weight excluding hydrogens is 508 g/mol. The highest BCUT2D eigenvalue weighted by Crippen LogP contribution is 2.32. The lowest BCUT2D eigenvalue weighted by atomic mass is 10.1. The van der Waals surface area contributed by atoms with Gasteiger partial charge in [0, 0.05) is 31.4 Å². The van der Waals surface area contributed by atoms with Gasteiger partial charge in [-0.05, 0) is 39.2 Å². The van der Waals surface area contributed by atoms with Crippen LogP contribution in [0, 0.1) is 0 Å². The number of hydrogen-bond donors (Lipinski definition) is 1. The van der Waals surface area contributed by atoms with Crippen LogP contribution in [-0.4, -0.2) is 68.2 Å². The Morgan fingerprint density at radius 3 is 2.72 bits per heavy atom. The number of ether oxygens (including phenoxy) is 2. The van der Waals surface area contributed by atoms with E-state index in [0.29, 0.717) is 60.4 Å². The summed E-state index contributed by atoms with van der Waals surface area (Å²) < 4.78 is 38.5. The standard InChI is InChI=1S/C27H35F2N7O3/c1-6-9-15-39-26-25-30-13-14-36(25)34-24(33-26)20-16-21(31-17-22(20)38-5)18(4)35(8-3)27(37)32-19(10-7-2)11-12-23(28)29/h6-7,13-14,16-19,23H,1-2,8-12,15H2,3-5H3,(H,32,37)/t18-,19?/m1/s1. The summed E-state index contributed by atoms with van der Waals surface area (Å²) in [5.41, 5.74) is 1.59. The van der Waals surface area contributed by atoms with Crippen LogP contribution in [0.5, 0.6) is 11.6 Å².